The molecule has 0 aromatic heterocycles. The smallest absolute Gasteiger partial charge is 0.319 e. The zero-order chi connectivity index (χ0) is 14.5. The number of anilines is 1. The van der Waals surface area contributed by atoms with Gasteiger partial charge in [-0.1, -0.05) is 11.6 Å². The van der Waals surface area contributed by atoms with Gasteiger partial charge in [-0.15, -0.1) is 0 Å². The molecular weight excluding hydrogens is 268 g/mol. The number of benzene rings is 1. The van der Waals surface area contributed by atoms with E-state index in [1.54, 1.807) is 32.0 Å². The number of rotatable bonds is 5. The van der Waals surface area contributed by atoms with Gasteiger partial charge in [-0.3, -0.25) is 0 Å². The number of aliphatic hydroxyl groups excluding tert-OH is 1. The zero-order valence-corrected chi connectivity index (χ0v) is 12.0. The van der Waals surface area contributed by atoms with Gasteiger partial charge in [0.05, 0.1) is 23.8 Å². The van der Waals surface area contributed by atoms with Crippen molar-refractivity contribution >= 4 is 23.3 Å². The van der Waals surface area contributed by atoms with Gasteiger partial charge in [0.25, 0.3) is 0 Å². The number of carbonyl (C=O) groups excluding carboxylic acids is 1. The third-order valence-corrected chi connectivity index (χ3v) is 2.63. The van der Waals surface area contributed by atoms with Crippen molar-refractivity contribution in [2.75, 3.05) is 18.5 Å². The number of urea groups is 1. The molecule has 0 radical (unpaired) electrons. The van der Waals surface area contributed by atoms with E-state index in [1.807, 2.05) is 6.92 Å². The number of hydrogen-bond acceptors (Lipinski definition) is 3. The van der Waals surface area contributed by atoms with Gasteiger partial charge < -0.3 is 20.5 Å². The highest BCUT2D eigenvalue weighted by Gasteiger charge is 2.19. The quantitative estimate of drug-likeness (QED) is 0.779. The molecule has 2 amide bonds. The van der Waals surface area contributed by atoms with E-state index >= 15 is 0 Å². The number of nitrogens with one attached hydrogen (secondary N) is 2. The first-order valence-electron chi connectivity index (χ1n) is 6.00. The molecule has 0 saturated carbocycles. The molecule has 19 heavy (non-hydrogen) atoms. The Morgan fingerprint density at radius 3 is 2.68 bits per heavy atom. The van der Waals surface area contributed by atoms with E-state index in [-0.39, 0.29) is 6.61 Å². The van der Waals surface area contributed by atoms with Crippen LogP contribution >= 0.6 is 11.6 Å². The number of carbonyl (C=O) groups is 1. The molecule has 0 spiro atoms. The maximum absolute atomic E-state index is 11.7. The average molecular weight is 287 g/mol. The third kappa shape index (κ3) is 4.96. The first kappa shape index (κ1) is 15.6. The Hall–Kier alpha value is -1.46. The lowest BCUT2D eigenvalue weighted by Gasteiger charge is -2.23. The second-order valence-corrected chi connectivity index (χ2v) is 5.11. The van der Waals surface area contributed by atoms with Crippen molar-refractivity contribution in [2.24, 2.45) is 0 Å². The van der Waals surface area contributed by atoms with Gasteiger partial charge in [0, 0.05) is 5.69 Å². The van der Waals surface area contributed by atoms with E-state index in [9.17, 15) is 4.79 Å². The van der Waals surface area contributed by atoms with Crippen molar-refractivity contribution < 1.29 is 14.6 Å². The minimum Gasteiger partial charge on any atom is -0.492 e. The molecule has 0 heterocycles. The van der Waals surface area contributed by atoms with Crippen LogP contribution in [0.25, 0.3) is 0 Å². The van der Waals surface area contributed by atoms with Crippen LogP contribution in [0.4, 0.5) is 10.5 Å². The Morgan fingerprint density at radius 2 is 2.16 bits per heavy atom. The van der Waals surface area contributed by atoms with E-state index in [0.29, 0.717) is 23.1 Å². The first-order chi connectivity index (χ1) is 8.88. The molecule has 6 heteroatoms. The maximum atomic E-state index is 11.7. The third-order valence-electron chi connectivity index (χ3n) is 2.34. The molecular formula is C13H19ClN2O3. The molecule has 1 rings (SSSR count). The van der Waals surface area contributed by atoms with Crippen molar-refractivity contribution in [3.63, 3.8) is 0 Å². The van der Waals surface area contributed by atoms with Crippen LogP contribution in [0.3, 0.4) is 0 Å². The van der Waals surface area contributed by atoms with E-state index < -0.39 is 11.6 Å². The molecule has 0 fully saturated rings. The van der Waals surface area contributed by atoms with Gasteiger partial charge in [-0.25, -0.2) is 4.79 Å². The Bertz CT molecular complexity index is 450. The predicted molar refractivity (Wildman–Crippen MR) is 75.9 cm³/mol. The summed E-state index contributed by atoms with van der Waals surface area (Å²) in [6.45, 7) is 5.69. The van der Waals surface area contributed by atoms with Crippen molar-refractivity contribution in [3.05, 3.63) is 23.2 Å². The van der Waals surface area contributed by atoms with E-state index in [1.165, 1.54) is 0 Å². The van der Waals surface area contributed by atoms with Crippen molar-refractivity contribution in [3.8, 4) is 5.75 Å². The SMILES string of the molecule is CCOc1ccc(NC(=O)NC(C)(C)CO)cc1Cl. The highest BCUT2D eigenvalue weighted by atomic mass is 35.5. The standard InChI is InChI=1S/C13H19ClN2O3/c1-4-19-11-6-5-9(7-10(11)14)15-12(18)16-13(2,3)8-17/h5-7,17H,4,8H2,1-3H3,(H2,15,16,18). The summed E-state index contributed by atoms with van der Waals surface area (Å²) >= 11 is 6.02. The Morgan fingerprint density at radius 1 is 1.47 bits per heavy atom. The second-order valence-electron chi connectivity index (χ2n) is 4.70. The number of aliphatic hydroxyl groups is 1. The normalized spacial score (nSPS) is 11.0. The monoisotopic (exact) mass is 286 g/mol. The molecule has 0 saturated heterocycles. The summed E-state index contributed by atoms with van der Waals surface area (Å²) < 4.78 is 5.30. The molecule has 0 bridgehead atoms. The highest BCUT2D eigenvalue weighted by Crippen LogP contribution is 2.27. The van der Waals surface area contributed by atoms with Crippen LogP contribution in [0.1, 0.15) is 20.8 Å². The Balaban J connectivity index is 2.67. The van der Waals surface area contributed by atoms with Crippen LogP contribution in [0.2, 0.25) is 5.02 Å². The molecule has 0 atom stereocenters. The topological polar surface area (TPSA) is 70.6 Å². The summed E-state index contributed by atoms with van der Waals surface area (Å²) in [7, 11) is 0. The fraction of sp³-hybridized carbons (Fsp3) is 0.462. The molecule has 3 N–H and O–H groups in total. The van der Waals surface area contributed by atoms with Crippen LogP contribution < -0.4 is 15.4 Å². The van der Waals surface area contributed by atoms with Crippen molar-refractivity contribution in [2.45, 2.75) is 26.3 Å². The summed E-state index contributed by atoms with van der Waals surface area (Å²) in [5.41, 5.74) is -0.126. The van der Waals surface area contributed by atoms with Crippen LogP contribution in [0, 0.1) is 0 Å². The van der Waals surface area contributed by atoms with Gasteiger partial charge >= 0.3 is 6.03 Å². The van der Waals surface area contributed by atoms with Crippen LogP contribution in [0.15, 0.2) is 18.2 Å². The molecule has 106 valence electrons. The fourth-order valence-corrected chi connectivity index (χ4v) is 1.60. The Kier molecular flexibility index (Phi) is 5.44. The minimum atomic E-state index is -0.681. The molecule has 0 aliphatic heterocycles. The Labute approximate surface area is 117 Å². The van der Waals surface area contributed by atoms with Crippen LogP contribution in [-0.2, 0) is 0 Å². The van der Waals surface area contributed by atoms with Crippen LogP contribution in [0.5, 0.6) is 5.75 Å². The van der Waals surface area contributed by atoms with Crippen LogP contribution in [-0.4, -0.2) is 29.9 Å². The molecule has 0 aliphatic carbocycles. The van der Waals surface area contributed by atoms with Gasteiger partial charge in [-0.2, -0.15) is 0 Å². The molecule has 0 aliphatic rings. The second kappa shape index (κ2) is 6.63. The number of ether oxygens (including phenoxy) is 1. The van der Waals surface area contributed by atoms with Gasteiger partial charge in [0.2, 0.25) is 0 Å². The van der Waals surface area contributed by atoms with Gasteiger partial charge in [0.1, 0.15) is 5.75 Å². The lowest BCUT2D eigenvalue weighted by molar-refractivity contribution is 0.187. The first-order valence-corrected chi connectivity index (χ1v) is 6.38. The summed E-state index contributed by atoms with van der Waals surface area (Å²) in [6, 6.07) is 4.60. The largest absolute Gasteiger partial charge is 0.492 e. The van der Waals surface area contributed by atoms with Gasteiger partial charge in [0.15, 0.2) is 0 Å². The summed E-state index contributed by atoms with van der Waals surface area (Å²) in [6.07, 6.45) is 0. The summed E-state index contributed by atoms with van der Waals surface area (Å²) in [5, 5.41) is 14.8. The van der Waals surface area contributed by atoms with E-state index in [4.69, 9.17) is 21.4 Å². The fourth-order valence-electron chi connectivity index (χ4n) is 1.36. The molecule has 0 unspecified atom stereocenters. The number of halogens is 1. The highest BCUT2D eigenvalue weighted by molar-refractivity contribution is 6.32. The summed E-state index contributed by atoms with van der Waals surface area (Å²) in [4.78, 5) is 11.7. The van der Waals surface area contributed by atoms with E-state index in [0.717, 1.165) is 0 Å². The minimum absolute atomic E-state index is 0.148. The lowest BCUT2D eigenvalue weighted by Crippen LogP contribution is -2.48. The molecule has 1 aromatic rings. The average Bonchev–Trinajstić information content (AvgIpc) is 2.32. The maximum Gasteiger partial charge on any atom is 0.319 e. The van der Waals surface area contributed by atoms with Gasteiger partial charge in [-0.05, 0) is 39.0 Å². The summed E-state index contributed by atoms with van der Waals surface area (Å²) in [5.74, 6) is 0.575. The van der Waals surface area contributed by atoms with Crippen molar-refractivity contribution in [1.29, 1.82) is 0 Å². The van der Waals surface area contributed by atoms with Crippen molar-refractivity contribution in [1.82, 2.24) is 5.32 Å². The molecule has 5 nitrogen and oxygen atoms in total. The number of amides is 2. The predicted octanol–water partition coefficient (Wildman–Crippen LogP) is 2.63. The molecule has 1 aromatic carbocycles. The zero-order valence-electron chi connectivity index (χ0n) is 11.3. The lowest BCUT2D eigenvalue weighted by atomic mass is 10.1. The van der Waals surface area contributed by atoms with E-state index in [2.05, 4.69) is 10.6 Å². The number of hydrogen-bond donors (Lipinski definition) is 3.